The van der Waals surface area contributed by atoms with Gasteiger partial charge in [-0.1, -0.05) is 23.5 Å². The second-order valence-electron chi connectivity index (χ2n) is 5.98. The molecule has 0 saturated carbocycles. The molecular formula is C20H17N3O5S. The second kappa shape index (κ2) is 8.61. The molecule has 0 bridgehead atoms. The van der Waals surface area contributed by atoms with E-state index in [0.717, 1.165) is 10.2 Å². The minimum Gasteiger partial charge on any atom is -0.462 e. The molecule has 0 saturated heterocycles. The quantitative estimate of drug-likeness (QED) is 0.277. The highest BCUT2D eigenvalue weighted by molar-refractivity contribution is 7.16. The van der Waals surface area contributed by atoms with Crippen LogP contribution in [-0.4, -0.2) is 28.0 Å². The van der Waals surface area contributed by atoms with Gasteiger partial charge in [0.15, 0.2) is 4.80 Å². The summed E-state index contributed by atoms with van der Waals surface area (Å²) in [5.74, 6) is -0.899. The van der Waals surface area contributed by atoms with Gasteiger partial charge in [-0.25, -0.2) is 4.79 Å². The lowest BCUT2D eigenvalue weighted by Crippen LogP contribution is -2.12. The molecule has 1 amide bonds. The number of aromatic nitrogens is 1. The number of ether oxygens (including phenoxy) is 1. The second-order valence-corrected chi connectivity index (χ2v) is 6.99. The standard InChI is InChI=1S/C20H17N3O5S/c1-3-28-19(25)14-8-9-16-17(12-14)29-20(22(16)2)21-18(24)10-7-13-5-4-6-15(11-13)23(26)27/h4-12H,3H2,1-2H3/b10-7+,21-20?. The number of fused-ring (bicyclic) bond motifs is 1. The number of esters is 1. The van der Waals surface area contributed by atoms with Crippen LogP contribution >= 0.6 is 11.3 Å². The van der Waals surface area contributed by atoms with Crippen LogP contribution in [0.2, 0.25) is 0 Å². The van der Waals surface area contributed by atoms with Crippen molar-refractivity contribution in [3.05, 3.63) is 74.6 Å². The largest absolute Gasteiger partial charge is 0.462 e. The number of aryl methyl sites for hydroxylation is 1. The number of nitro groups is 1. The summed E-state index contributed by atoms with van der Waals surface area (Å²) in [4.78, 5) is 39.0. The average Bonchev–Trinajstić information content (AvgIpc) is 3.01. The SMILES string of the molecule is CCOC(=O)c1ccc2c(c1)sc(=NC(=O)/C=C/c1cccc([N+](=O)[O-])c1)n2C. The van der Waals surface area contributed by atoms with Gasteiger partial charge in [0.05, 0.1) is 27.3 Å². The zero-order valence-electron chi connectivity index (χ0n) is 15.7. The Morgan fingerprint density at radius 1 is 1.28 bits per heavy atom. The molecule has 2 aromatic carbocycles. The fraction of sp³-hybridized carbons (Fsp3) is 0.150. The molecule has 148 valence electrons. The Bertz CT molecular complexity index is 1210. The van der Waals surface area contributed by atoms with Crippen molar-refractivity contribution >= 4 is 45.2 Å². The fourth-order valence-corrected chi connectivity index (χ4v) is 3.69. The van der Waals surface area contributed by atoms with E-state index in [4.69, 9.17) is 4.74 Å². The molecule has 9 heteroatoms. The van der Waals surface area contributed by atoms with Crippen LogP contribution in [0.5, 0.6) is 0 Å². The van der Waals surface area contributed by atoms with Crippen molar-refractivity contribution in [2.75, 3.05) is 6.61 Å². The summed E-state index contributed by atoms with van der Waals surface area (Å²) in [6, 6.07) is 11.1. The molecule has 0 atom stereocenters. The minimum absolute atomic E-state index is 0.0511. The molecule has 3 rings (SSSR count). The van der Waals surface area contributed by atoms with Gasteiger partial charge < -0.3 is 9.30 Å². The van der Waals surface area contributed by atoms with Crippen molar-refractivity contribution in [1.29, 1.82) is 0 Å². The van der Waals surface area contributed by atoms with E-state index in [1.54, 1.807) is 48.9 Å². The van der Waals surface area contributed by atoms with Gasteiger partial charge in [0.2, 0.25) is 0 Å². The number of hydrogen-bond acceptors (Lipinski definition) is 6. The number of benzene rings is 2. The third-order valence-corrected chi connectivity index (χ3v) is 5.12. The first-order chi connectivity index (χ1) is 13.9. The summed E-state index contributed by atoms with van der Waals surface area (Å²) >= 11 is 1.27. The monoisotopic (exact) mass is 411 g/mol. The number of non-ortho nitro benzene ring substituents is 1. The maximum atomic E-state index is 12.2. The molecule has 29 heavy (non-hydrogen) atoms. The van der Waals surface area contributed by atoms with Gasteiger partial charge in [-0.15, -0.1) is 0 Å². The van der Waals surface area contributed by atoms with E-state index in [2.05, 4.69) is 4.99 Å². The number of rotatable bonds is 5. The van der Waals surface area contributed by atoms with E-state index in [1.807, 2.05) is 0 Å². The number of carbonyl (C=O) groups excluding carboxylic acids is 2. The maximum Gasteiger partial charge on any atom is 0.338 e. The van der Waals surface area contributed by atoms with Crippen molar-refractivity contribution in [3.8, 4) is 0 Å². The number of hydrogen-bond donors (Lipinski definition) is 0. The van der Waals surface area contributed by atoms with E-state index >= 15 is 0 Å². The fourth-order valence-electron chi connectivity index (χ4n) is 2.62. The van der Waals surface area contributed by atoms with Gasteiger partial charge in [-0.3, -0.25) is 14.9 Å². The first-order valence-electron chi connectivity index (χ1n) is 8.67. The Balaban J connectivity index is 1.88. The van der Waals surface area contributed by atoms with Crippen LogP contribution in [-0.2, 0) is 16.6 Å². The van der Waals surface area contributed by atoms with E-state index < -0.39 is 16.8 Å². The zero-order valence-corrected chi connectivity index (χ0v) is 16.5. The van der Waals surface area contributed by atoms with Crippen LogP contribution < -0.4 is 4.80 Å². The van der Waals surface area contributed by atoms with Crippen LogP contribution in [0, 0.1) is 10.1 Å². The molecule has 0 N–H and O–H groups in total. The lowest BCUT2D eigenvalue weighted by Gasteiger charge is -2.01. The normalized spacial score (nSPS) is 11.9. The van der Waals surface area contributed by atoms with E-state index in [1.165, 1.54) is 35.6 Å². The highest BCUT2D eigenvalue weighted by atomic mass is 32.1. The van der Waals surface area contributed by atoms with Crippen molar-refractivity contribution in [2.24, 2.45) is 12.0 Å². The zero-order chi connectivity index (χ0) is 21.0. The number of nitro benzene ring substituents is 1. The average molecular weight is 411 g/mol. The number of thiazole rings is 1. The molecule has 3 aromatic rings. The molecule has 0 aliphatic rings. The molecule has 1 aromatic heterocycles. The molecule has 0 aliphatic heterocycles. The van der Waals surface area contributed by atoms with Crippen LogP contribution in [0.25, 0.3) is 16.3 Å². The van der Waals surface area contributed by atoms with Crippen molar-refractivity contribution < 1.29 is 19.2 Å². The molecule has 1 heterocycles. The van der Waals surface area contributed by atoms with Gasteiger partial charge in [0.25, 0.3) is 11.6 Å². The van der Waals surface area contributed by atoms with Crippen LogP contribution in [0.3, 0.4) is 0 Å². The number of nitrogens with zero attached hydrogens (tertiary/aromatic N) is 3. The first-order valence-corrected chi connectivity index (χ1v) is 9.48. The third kappa shape index (κ3) is 4.64. The first kappa shape index (κ1) is 20.2. The van der Waals surface area contributed by atoms with Crippen LogP contribution in [0.4, 0.5) is 5.69 Å². The molecule has 8 nitrogen and oxygen atoms in total. The van der Waals surface area contributed by atoms with Crippen molar-refractivity contribution in [2.45, 2.75) is 6.92 Å². The van der Waals surface area contributed by atoms with E-state index in [9.17, 15) is 19.7 Å². The molecule has 0 fully saturated rings. The van der Waals surface area contributed by atoms with E-state index in [-0.39, 0.29) is 5.69 Å². The summed E-state index contributed by atoms with van der Waals surface area (Å²) in [5, 5.41) is 10.8. The van der Waals surface area contributed by atoms with Gasteiger partial charge in [0, 0.05) is 25.3 Å². The van der Waals surface area contributed by atoms with Gasteiger partial charge in [-0.2, -0.15) is 4.99 Å². The molecule has 0 spiro atoms. The lowest BCUT2D eigenvalue weighted by molar-refractivity contribution is -0.384. The predicted molar refractivity (Wildman–Crippen MR) is 109 cm³/mol. The molecule has 0 aliphatic carbocycles. The van der Waals surface area contributed by atoms with E-state index in [0.29, 0.717) is 22.5 Å². The molecule has 0 unspecified atom stereocenters. The maximum absolute atomic E-state index is 12.2. The smallest absolute Gasteiger partial charge is 0.338 e. The van der Waals surface area contributed by atoms with Crippen molar-refractivity contribution in [3.63, 3.8) is 0 Å². The summed E-state index contributed by atoms with van der Waals surface area (Å²) in [7, 11) is 1.78. The topological polar surface area (TPSA) is 104 Å². The Hall–Kier alpha value is -3.59. The Morgan fingerprint density at radius 2 is 2.07 bits per heavy atom. The van der Waals surface area contributed by atoms with Gasteiger partial charge >= 0.3 is 5.97 Å². The summed E-state index contributed by atoms with van der Waals surface area (Å²) in [6.45, 7) is 2.03. The summed E-state index contributed by atoms with van der Waals surface area (Å²) < 4.78 is 7.56. The Kier molecular flexibility index (Phi) is 5.99. The molecule has 0 radical (unpaired) electrons. The minimum atomic E-state index is -0.496. The van der Waals surface area contributed by atoms with Gasteiger partial charge in [0.1, 0.15) is 0 Å². The summed E-state index contributed by atoms with van der Waals surface area (Å²) in [5.41, 5.74) is 1.74. The van der Waals surface area contributed by atoms with Crippen LogP contribution in [0.1, 0.15) is 22.8 Å². The number of carbonyl (C=O) groups is 2. The lowest BCUT2D eigenvalue weighted by atomic mass is 10.2. The Morgan fingerprint density at radius 3 is 2.79 bits per heavy atom. The highest BCUT2D eigenvalue weighted by Crippen LogP contribution is 2.19. The van der Waals surface area contributed by atoms with Crippen LogP contribution in [0.15, 0.2) is 53.5 Å². The van der Waals surface area contributed by atoms with Crippen molar-refractivity contribution in [1.82, 2.24) is 4.57 Å². The Labute approximate surface area is 169 Å². The molecular weight excluding hydrogens is 394 g/mol. The predicted octanol–water partition coefficient (Wildman–Crippen LogP) is 3.47. The highest BCUT2D eigenvalue weighted by Gasteiger charge is 2.10. The van der Waals surface area contributed by atoms with Gasteiger partial charge in [-0.05, 0) is 36.8 Å². The third-order valence-electron chi connectivity index (χ3n) is 4.03. The summed E-state index contributed by atoms with van der Waals surface area (Å²) in [6.07, 6.45) is 2.73. The number of amides is 1.